The Balaban J connectivity index is 2.23. The number of hydrogen-bond donors (Lipinski definition) is 1. The highest BCUT2D eigenvalue weighted by Gasteiger charge is 2.29. The lowest BCUT2D eigenvalue weighted by Gasteiger charge is -2.11. The van der Waals surface area contributed by atoms with Crippen molar-refractivity contribution in [3.63, 3.8) is 0 Å². The molecule has 1 aliphatic heterocycles. The topological polar surface area (TPSA) is 55.6 Å². The zero-order chi connectivity index (χ0) is 9.68. The first-order valence-corrected chi connectivity index (χ1v) is 4.93. The molecule has 1 amide bonds. The van der Waals surface area contributed by atoms with E-state index in [2.05, 4.69) is 6.92 Å². The number of carbonyl (C=O) groups is 1. The summed E-state index contributed by atoms with van der Waals surface area (Å²) in [5.41, 5.74) is 5.41. The Morgan fingerprint density at radius 3 is 2.92 bits per heavy atom. The summed E-state index contributed by atoms with van der Waals surface area (Å²) in [5, 5.41) is 0. The second-order valence-corrected chi connectivity index (χ2v) is 3.39. The first-order chi connectivity index (χ1) is 6.27. The largest absolute Gasteiger partial charge is 0.443 e. The van der Waals surface area contributed by atoms with E-state index >= 15 is 0 Å². The molecule has 1 heterocycles. The van der Waals surface area contributed by atoms with Crippen LogP contribution in [0.3, 0.4) is 0 Å². The second-order valence-electron chi connectivity index (χ2n) is 3.39. The minimum Gasteiger partial charge on any atom is -0.443 e. The minimum absolute atomic E-state index is 0.0888. The average Bonchev–Trinajstić information content (AvgIpc) is 2.48. The van der Waals surface area contributed by atoms with Crippen LogP contribution in [0.5, 0.6) is 0 Å². The van der Waals surface area contributed by atoms with Crippen LogP contribution in [-0.2, 0) is 4.74 Å². The van der Waals surface area contributed by atoms with Gasteiger partial charge in [-0.25, -0.2) is 4.79 Å². The molecule has 0 aromatic carbocycles. The summed E-state index contributed by atoms with van der Waals surface area (Å²) in [6.45, 7) is 4.04. The first kappa shape index (κ1) is 10.3. The fraction of sp³-hybridized carbons (Fsp3) is 0.889. The van der Waals surface area contributed by atoms with Crippen molar-refractivity contribution >= 4 is 6.09 Å². The molecule has 0 saturated carbocycles. The highest BCUT2D eigenvalue weighted by Crippen LogP contribution is 2.11. The van der Waals surface area contributed by atoms with Crippen LogP contribution in [0.4, 0.5) is 4.79 Å². The van der Waals surface area contributed by atoms with E-state index < -0.39 is 0 Å². The molecule has 0 radical (unpaired) electrons. The first-order valence-electron chi connectivity index (χ1n) is 4.93. The maximum absolute atomic E-state index is 11.2. The van der Waals surface area contributed by atoms with E-state index in [1.165, 1.54) is 6.42 Å². The molecule has 4 heteroatoms. The molecular weight excluding hydrogens is 168 g/mol. The summed E-state index contributed by atoms with van der Waals surface area (Å²) < 4.78 is 5.02. The Kier molecular flexibility index (Phi) is 4.02. The lowest BCUT2D eigenvalue weighted by atomic mass is 10.2. The van der Waals surface area contributed by atoms with Crippen LogP contribution in [0.1, 0.15) is 26.2 Å². The molecule has 76 valence electrons. The second kappa shape index (κ2) is 5.07. The van der Waals surface area contributed by atoms with Crippen LogP contribution in [0, 0.1) is 0 Å². The van der Waals surface area contributed by atoms with E-state index in [0.717, 1.165) is 19.4 Å². The zero-order valence-electron chi connectivity index (χ0n) is 8.16. The van der Waals surface area contributed by atoms with Crippen molar-refractivity contribution in [1.29, 1.82) is 0 Å². The lowest BCUT2D eigenvalue weighted by molar-refractivity contribution is 0.135. The van der Waals surface area contributed by atoms with Gasteiger partial charge in [0.1, 0.15) is 6.10 Å². The standard InChI is InChI=1S/C9H18N2O2/c1-2-3-4-5-11-7-8(6-10)13-9(11)12/h8H,2-7,10H2,1H3/t8-/m0/s1. The van der Waals surface area contributed by atoms with Gasteiger partial charge in [-0.15, -0.1) is 0 Å². The van der Waals surface area contributed by atoms with E-state index in [4.69, 9.17) is 10.5 Å². The van der Waals surface area contributed by atoms with Gasteiger partial charge in [0, 0.05) is 13.1 Å². The van der Waals surface area contributed by atoms with E-state index in [1.807, 2.05) is 0 Å². The van der Waals surface area contributed by atoms with Crippen molar-refractivity contribution in [1.82, 2.24) is 4.90 Å². The highest BCUT2D eigenvalue weighted by atomic mass is 16.6. The molecule has 0 bridgehead atoms. The zero-order valence-corrected chi connectivity index (χ0v) is 8.16. The van der Waals surface area contributed by atoms with Crippen LogP contribution in [0.15, 0.2) is 0 Å². The number of ether oxygens (including phenoxy) is 1. The Labute approximate surface area is 79.0 Å². The highest BCUT2D eigenvalue weighted by molar-refractivity contribution is 5.69. The van der Waals surface area contributed by atoms with Gasteiger partial charge in [0.15, 0.2) is 0 Å². The van der Waals surface area contributed by atoms with Gasteiger partial charge in [-0.2, -0.15) is 0 Å². The van der Waals surface area contributed by atoms with Crippen molar-refractivity contribution in [3.8, 4) is 0 Å². The Bertz CT molecular complexity index is 173. The van der Waals surface area contributed by atoms with Gasteiger partial charge >= 0.3 is 6.09 Å². The van der Waals surface area contributed by atoms with Gasteiger partial charge < -0.3 is 15.4 Å². The normalized spacial score (nSPS) is 22.2. The van der Waals surface area contributed by atoms with Crippen LogP contribution in [-0.4, -0.2) is 36.7 Å². The van der Waals surface area contributed by atoms with Gasteiger partial charge in [0.25, 0.3) is 0 Å². The van der Waals surface area contributed by atoms with Gasteiger partial charge in [0.05, 0.1) is 6.54 Å². The number of rotatable bonds is 5. The Hall–Kier alpha value is -0.770. The fourth-order valence-corrected chi connectivity index (χ4v) is 1.43. The maximum atomic E-state index is 11.2. The molecule has 2 N–H and O–H groups in total. The third-order valence-electron chi connectivity index (χ3n) is 2.24. The Morgan fingerprint density at radius 2 is 2.38 bits per heavy atom. The summed E-state index contributed by atoms with van der Waals surface area (Å²) >= 11 is 0. The molecular formula is C9H18N2O2. The van der Waals surface area contributed by atoms with E-state index in [9.17, 15) is 4.79 Å². The van der Waals surface area contributed by atoms with Crippen molar-refractivity contribution in [3.05, 3.63) is 0 Å². The quantitative estimate of drug-likeness (QED) is 0.650. The monoisotopic (exact) mass is 186 g/mol. The molecule has 1 aliphatic rings. The summed E-state index contributed by atoms with van der Waals surface area (Å²) in [4.78, 5) is 12.9. The Morgan fingerprint density at radius 1 is 1.62 bits per heavy atom. The van der Waals surface area contributed by atoms with E-state index in [-0.39, 0.29) is 12.2 Å². The molecule has 0 spiro atoms. The number of carbonyl (C=O) groups excluding carboxylic acids is 1. The molecule has 0 unspecified atom stereocenters. The van der Waals surface area contributed by atoms with Gasteiger partial charge in [0.2, 0.25) is 0 Å². The van der Waals surface area contributed by atoms with Crippen LogP contribution in [0.25, 0.3) is 0 Å². The minimum atomic E-state index is -0.202. The molecule has 0 aliphatic carbocycles. The van der Waals surface area contributed by atoms with Crippen LogP contribution >= 0.6 is 0 Å². The van der Waals surface area contributed by atoms with Crippen molar-refractivity contribution < 1.29 is 9.53 Å². The molecule has 1 saturated heterocycles. The van der Waals surface area contributed by atoms with Crippen molar-refractivity contribution in [2.45, 2.75) is 32.3 Å². The summed E-state index contributed by atoms with van der Waals surface area (Å²) in [7, 11) is 0. The number of nitrogens with zero attached hydrogens (tertiary/aromatic N) is 1. The molecule has 0 aromatic heterocycles. The summed E-state index contributed by atoms with van der Waals surface area (Å²) in [6.07, 6.45) is 3.10. The van der Waals surface area contributed by atoms with Crippen molar-refractivity contribution in [2.24, 2.45) is 5.73 Å². The number of hydrogen-bond acceptors (Lipinski definition) is 3. The number of cyclic esters (lactones) is 1. The third kappa shape index (κ3) is 2.88. The summed E-state index contributed by atoms with van der Waals surface area (Å²) in [6, 6.07) is 0. The van der Waals surface area contributed by atoms with Gasteiger partial charge in [-0.3, -0.25) is 0 Å². The van der Waals surface area contributed by atoms with E-state index in [0.29, 0.717) is 13.1 Å². The van der Waals surface area contributed by atoms with Gasteiger partial charge in [-0.05, 0) is 6.42 Å². The maximum Gasteiger partial charge on any atom is 0.410 e. The van der Waals surface area contributed by atoms with Crippen LogP contribution in [0.2, 0.25) is 0 Å². The lowest BCUT2D eigenvalue weighted by Crippen LogP contribution is -2.28. The number of nitrogens with two attached hydrogens (primary N) is 1. The smallest absolute Gasteiger partial charge is 0.410 e. The molecule has 4 nitrogen and oxygen atoms in total. The number of unbranched alkanes of at least 4 members (excludes halogenated alkanes) is 2. The molecule has 13 heavy (non-hydrogen) atoms. The van der Waals surface area contributed by atoms with Crippen LogP contribution < -0.4 is 5.73 Å². The molecule has 0 aromatic rings. The predicted molar refractivity (Wildman–Crippen MR) is 50.4 cm³/mol. The van der Waals surface area contributed by atoms with E-state index in [1.54, 1.807) is 4.90 Å². The molecule has 1 rings (SSSR count). The fourth-order valence-electron chi connectivity index (χ4n) is 1.43. The predicted octanol–water partition coefficient (Wildman–Crippen LogP) is 0.956. The molecule has 1 atom stereocenters. The van der Waals surface area contributed by atoms with Gasteiger partial charge in [-0.1, -0.05) is 19.8 Å². The molecule has 1 fully saturated rings. The summed E-state index contributed by atoms with van der Waals surface area (Å²) in [5.74, 6) is 0. The third-order valence-corrected chi connectivity index (χ3v) is 2.24. The number of amides is 1. The van der Waals surface area contributed by atoms with Crippen molar-refractivity contribution in [2.75, 3.05) is 19.6 Å². The SMILES string of the molecule is CCCCCN1C[C@H](CN)OC1=O. The average molecular weight is 186 g/mol.